The number of aliphatic hydroxyl groups excluding tert-OH is 1. The Bertz CT molecular complexity index is 277. The highest BCUT2D eigenvalue weighted by molar-refractivity contribution is 9.10. The van der Waals surface area contributed by atoms with E-state index in [9.17, 15) is 0 Å². The van der Waals surface area contributed by atoms with Crippen LogP contribution in [0.2, 0.25) is 0 Å². The largest absolute Gasteiger partial charge is 0.396 e. The SMILES string of the molecule is CC(CO)CNC(C)c1sccc1Br. The molecule has 0 aliphatic heterocycles. The Hall–Kier alpha value is 0.100. The van der Waals surface area contributed by atoms with Crippen molar-refractivity contribution in [2.45, 2.75) is 19.9 Å². The molecule has 2 N–H and O–H groups in total. The summed E-state index contributed by atoms with van der Waals surface area (Å²) in [5.74, 6) is 0.316. The Morgan fingerprint density at radius 3 is 2.79 bits per heavy atom. The molecule has 1 aromatic rings. The van der Waals surface area contributed by atoms with Crippen LogP contribution < -0.4 is 5.32 Å². The quantitative estimate of drug-likeness (QED) is 0.868. The maximum atomic E-state index is 8.89. The Balaban J connectivity index is 2.43. The van der Waals surface area contributed by atoms with Crippen molar-refractivity contribution in [1.82, 2.24) is 5.32 Å². The van der Waals surface area contributed by atoms with Gasteiger partial charge in [-0.15, -0.1) is 11.3 Å². The second-order valence-corrected chi connectivity index (χ2v) is 5.35. The highest BCUT2D eigenvalue weighted by Gasteiger charge is 2.11. The zero-order chi connectivity index (χ0) is 10.6. The number of nitrogens with one attached hydrogen (secondary N) is 1. The summed E-state index contributed by atoms with van der Waals surface area (Å²) in [5.41, 5.74) is 0. The number of aliphatic hydroxyl groups is 1. The molecule has 0 radical (unpaired) electrons. The van der Waals surface area contributed by atoms with E-state index in [1.54, 1.807) is 11.3 Å². The molecule has 0 saturated heterocycles. The Labute approximate surface area is 97.5 Å². The minimum absolute atomic E-state index is 0.241. The van der Waals surface area contributed by atoms with E-state index in [0.29, 0.717) is 12.0 Å². The Kier molecular flexibility index (Phi) is 5.09. The fourth-order valence-corrected chi connectivity index (χ4v) is 2.90. The van der Waals surface area contributed by atoms with Crippen LogP contribution in [0.3, 0.4) is 0 Å². The lowest BCUT2D eigenvalue weighted by Crippen LogP contribution is -2.25. The number of thiophene rings is 1. The van der Waals surface area contributed by atoms with Gasteiger partial charge < -0.3 is 10.4 Å². The van der Waals surface area contributed by atoms with Crippen LogP contribution in [0.25, 0.3) is 0 Å². The van der Waals surface area contributed by atoms with E-state index in [-0.39, 0.29) is 6.61 Å². The molecule has 0 aliphatic rings. The van der Waals surface area contributed by atoms with Gasteiger partial charge in [-0.25, -0.2) is 0 Å². The molecule has 0 aromatic carbocycles. The summed E-state index contributed by atoms with van der Waals surface area (Å²) >= 11 is 5.26. The normalized spacial score (nSPS) is 15.4. The first-order valence-corrected chi connectivity index (χ1v) is 6.39. The molecule has 1 aromatic heterocycles. The standard InChI is InChI=1S/C10H16BrNOS/c1-7(6-13)5-12-8(2)10-9(11)3-4-14-10/h3-4,7-8,12-13H,5-6H2,1-2H3. The lowest BCUT2D eigenvalue weighted by molar-refractivity contribution is 0.231. The van der Waals surface area contributed by atoms with E-state index in [1.807, 2.05) is 6.92 Å². The minimum Gasteiger partial charge on any atom is -0.396 e. The summed E-state index contributed by atoms with van der Waals surface area (Å²) in [7, 11) is 0. The van der Waals surface area contributed by atoms with Gasteiger partial charge in [-0.3, -0.25) is 0 Å². The van der Waals surface area contributed by atoms with Crippen molar-refractivity contribution in [2.75, 3.05) is 13.2 Å². The maximum absolute atomic E-state index is 8.89. The van der Waals surface area contributed by atoms with Gasteiger partial charge in [0.05, 0.1) is 0 Å². The first-order valence-electron chi connectivity index (χ1n) is 4.72. The molecule has 4 heteroatoms. The van der Waals surface area contributed by atoms with Gasteiger partial charge in [0.25, 0.3) is 0 Å². The van der Waals surface area contributed by atoms with Crippen molar-refractivity contribution in [3.8, 4) is 0 Å². The van der Waals surface area contributed by atoms with Crippen molar-refractivity contribution in [1.29, 1.82) is 0 Å². The van der Waals surface area contributed by atoms with Gasteiger partial charge >= 0.3 is 0 Å². The minimum atomic E-state index is 0.241. The Morgan fingerprint density at radius 1 is 1.57 bits per heavy atom. The van der Waals surface area contributed by atoms with Crippen LogP contribution in [0, 0.1) is 5.92 Å². The fraction of sp³-hybridized carbons (Fsp3) is 0.600. The predicted octanol–water partition coefficient (Wildman–Crippen LogP) is 2.79. The zero-order valence-corrected chi connectivity index (χ0v) is 10.9. The van der Waals surface area contributed by atoms with Crippen LogP contribution in [-0.2, 0) is 0 Å². The second kappa shape index (κ2) is 5.85. The summed E-state index contributed by atoms with van der Waals surface area (Å²) in [6.45, 7) is 5.26. The van der Waals surface area contributed by atoms with Gasteiger partial charge in [-0.1, -0.05) is 6.92 Å². The Morgan fingerprint density at radius 2 is 2.29 bits per heavy atom. The fourth-order valence-electron chi connectivity index (χ4n) is 1.15. The summed E-state index contributed by atoms with van der Waals surface area (Å²) in [5, 5.41) is 14.4. The van der Waals surface area contributed by atoms with Gasteiger partial charge in [-0.2, -0.15) is 0 Å². The number of rotatable bonds is 5. The van der Waals surface area contributed by atoms with E-state index in [0.717, 1.165) is 6.54 Å². The smallest absolute Gasteiger partial charge is 0.0468 e. The van der Waals surface area contributed by atoms with Gasteiger partial charge in [0.15, 0.2) is 0 Å². The first-order chi connectivity index (χ1) is 6.65. The molecule has 0 amide bonds. The summed E-state index contributed by atoms with van der Waals surface area (Å²) < 4.78 is 1.17. The van der Waals surface area contributed by atoms with Crippen molar-refractivity contribution in [3.05, 3.63) is 20.8 Å². The van der Waals surface area contributed by atoms with E-state index >= 15 is 0 Å². The highest BCUT2D eigenvalue weighted by atomic mass is 79.9. The molecule has 1 heterocycles. The third-order valence-corrected chi connectivity index (χ3v) is 4.18. The summed E-state index contributed by atoms with van der Waals surface area (Å²) in [6.07, 6.45) is 0. The number of hydrogen-bond donors (Lipinski definition) is 2. The molecule has 14 heavy (non-hydrogen) atoms. The van der Waals surface area contributed by atoms with Gasteiger partial charge in [0.2, 0.25) is 0 Å². The molecule has 0 spiro atoms. The van der Waals surface area contributed by atoms with E-state index in [1.165, 1.54) is 9.35 Å². The molecule has 0 saturated carbocycles. The lowest BCUT2D eigenvalue weighted by Gasteiger charge is -2.15. The summed E-state index contributed by atoms with van der Waals surface area (Å²) in [4.78, 5) is 1.31. The van der Waals surface area contributed by atoms with Crippen LogP contribution >= 0.6 is 27.3 Å². The zero-order valence-electron chi connectivity index (χ0n) is 8.46. The molecular formula is C10H16BrNOS. The van der Waals surface area contributed by atoms with Gasteiger partial charge in [-0.05, 0) is 40.2 Å². The maximum Gasteiger partial charge on any atom is 0.0468 e. The van der Waals surface area contributed by atoms with E-state index < -0.39 is 0 Å². The lowest BCUT2D eigenvalue weighted by atomic mass is 10.2. The van der Waals surface area contributed by atoms with Gasteiger partial charge in [0, 0.05) is 28.5 Å². The van der Waals surface area contributed by atoms with Crippen LogP contribution in [0.4, 0.5) is 0 Å². The van der Waals surface area contributed by atoms with Crippen molar-refractivity contribution < 1.29 is 5.11 Å². The third kappa shape index (κ3) is 3.35. The average Bonchev–Trinajstić information content (AvgIpc) is 2.60. The van der Waals surface area contributed by atoms with Crippen molar-refractivity contribution >= 4 is 27.3 Å². The third-order valence-electron chi connectivity index (χ3n) is 2.12. The molecule has 2 unspecified atom stereocenters. The molecule has 80 valence electrons. The topological polar surface area (TPSA) is 32.3 Å². The number of hydrogen-bond acceptors (Lipinski definition) is 3. The molecule has 0 aliphatic carbocycles. The monoisotopic (exact) mass is 277 g/mol. The average molecular weight is 278 g/mol. The molecule has 2 atom stereocenters. The molecule has 1 rings (SSSR count). The number of halogens is 1. The van der Waals surface area contributed by atoms with E-state index in [2.05, 4.69) is 39.6 Å². The summed E-state index contributed by atoms with van der Waals surface area (Å²) in [6, 6.07) is 2.41. The molecular weight excluding hydrogens is 262 g/mol. The van der Waals surface area contributed by atoms with Crippen LogP contribution in [0.1, 0.15) is 24.8 Å². The second-order valence-electron chi connectivity index (χ2n) is 3.55. The van der Waals surface area contributed by atoms with Crippen LogP contribution in [0.15, 0.2) is 15.9 Å². The molecule has 0 fully saturated rings. The van der Waals surface area contributed by atoms with Crippen molar-refractivity contribution in [3.63, 3.8) is 0 Å². The predicted molar refractivity (Wildman–Crippen MR) is 64.7 cm³/mol. The highest BCUT2D eigenvalue weighted by Crippen LogP contribution is 2.28. The first kappa shape index (κ1) is 12.2. The molecule has 2 nitrogen and oxygen atoms in total. The van der Waals surface area contributed by atoms with E-state index in [4.69, 9.17) is 5.11 Å². The van der Waals surface area contributed by atoms with Crippen LogP contribution in [-0.4, -0.2) is 18.3 Å². The molecule has 0 bridgehead atoms. The van der Waals surface area contributed by atoms with Crippen molar-refractivity contribution in [2.24, 2.45) is 5.92 Å². The van der Waals surface area contributed by atoms with Gasteiger partial charge in [0.1, 0.15) is 0 Å². The van der Waals surface area contributed by atoms with Crippen LogP contribution in [0.5, 0.6) is 0 Å².